The van der Waals surface area contributed by atoms with E-state index in [1.165, 1.54) is 0 Å². The zero-order chi connectivity index (χ0) is 11.3. The number of amides is 1. The van der Waals surface area contributed by atoms with E-state index in [4.69, 9.17) is 9.84 Å². The Labute approximate surface area is 88.8 Å². The van der Waals surface area contributed by atoms with Crippen LogP contribution >= 0.6 is 0 Å². The maximum atomic E-state index is 11.5. The molecule has 0 aromatic carbocycles. The van der Waals surface area contributed by atoms with E-state index in [1.54, 1.807) is 6.92 Å². The number of hydrogen-bond donors (Lipinski definition) is 2. The molecule has 0 aromatic rings. The molecule has 1 aliphatic rings. The Bertz CT molecular complexity index is 236. The van der Waals surface area contributed by atoms with Gasteiger partial charge in [-0.1, -0.05) is 6.92 Å². The van der Waals surface area contributed by atoms with Crippen LogP contribution < -0.4 is 5.32 Å². The van der Waals surface area contributed by atoms with Crippen LogP contribution in [0.3, 0.4) is 0 Å². The van der Waals surface area contributed by atoms with Crippen LogP contribution in [0.1, 0.15) is 19.8 Å². The van der Waals surface area contributed by atoms with Crippen molar-refractivity contribution in [3.8, 4) is 0 Å². The number of hydrogen-bond acceptors (Lipinski definition) is 3. The van der Waals surface area contributed by atoms with E-state index >= 15 is 0 Å². The Morgan fingerprint density at radius 2 is 2.33 bits per heavy atom. The normalized spacial score (nSPS) is 23.1. The molecule has 5 nitrogen and oxygen atoms in total. The van der Waals surface area contributed by atoms with Crippen LogP contribution in [0.25, 0.3) is 0 Å². The summed E-state index contributed by atoms with van der Waals surface area (Å²) in [6.07, 6.45) is 1.72. The number of carboxylic acid groups (broad SMARTS) is 1. The van der Waals surface area contributed by atoms with Crippen molar-refractivity contribution in [3.63, 3.8) is 0 Å². The second-order valence-electron chi connectivity index (χ2n) is 3.90. The lowest BCUT2D eigenvalue weighted by molar-refractivity contribution is -0.141. The second-order valence-corrected chi connectivity index (χ2v) is 3.90. The van der Waals surface area contributed by atoms with Gasteiger partial charge in [0.25, 0.3) is 0 Å². The molecule has 1 heterocycles. The fourth-order valence-electron chi connectivity index (χ4n) is 1.43. The van der Waals surface area contributed by atoms with Crippen LogP contribution in [0, 0.1) is 11.8 Å². The van der Waals surface area contributed by atoms with Crippen molar-refractivity contribution in [2.24, 2.45) is 11.8 Å². The minimum Gasteiger partial charge on any atom is -0.481 e. The molecular weight excluding hydrogens is 198 g/mol. The molecule has 2 atom stereocenters. The van der Waals surface area contributed by atoms with Crippen molar-refractivity contribution in [1.29, 1.82) is 0 Å². The smallest absolute Gasteiger partial charge is 0.308 e. The summed E-state index contributed by atoms with van der Waals surface area (Å²) in [5, 5.41) is 11.3. The number of carboxylic acids is 1. The van der Waals surface area contributed by atoms with Gasteiger partial charge in [0, 0.05) is 13.2 Å². The monoisotopic (exact) mass is 215 g/mol. The van der Waals surface area contributed by atoms with Crippen LogP contribution in [-0.2, 0) is 14.3 Å². The van der Waals surface area contributed by atoms with E-state index in [0.717, 1.165) is 19.4 Å². The van der Waals surface area contributed by atoms with Crippen molar-refractivity contribution in [3.05, 3.63) is 0 Å². The Balaban J connectivity index is 2.25. The molecule has 0 spiro atoms. The maximum Gasteiger partial charge on any atom is 0.308 e. The summed E-state index contributed by atoms with van der Waals surface area (Å²) in [5.74, 6) is -1.64. The van der Waals surface area contributed by atoms with Gasteiger partial charge in [0.1, 0.15) is 0 Å². The first kappa shape index (κ1) is 12.0. The SMILES string of the molecule is CC(CNC(=O)C1CCCOC1)C(=O)O. The average molecular weight is 215 g/mol. The molecule has 1 saturated heterocycles. The van der Waals surface area contributed by atoms with E-state index in [-0.39, 0.29) is 18.4 Å². The highest BCUT2D eigenvalue weighted by molar-refractivity contribution is 5.79. The molecule has 1 amide bonds. The number of carbonyl (C=O) groups excluding carboxylic acids is 1. The van der Waals surface area contributed by atoms with Gasteiger partial charge in [-0.25, -0.2) is 0 Å². The summed E-state index contributed by atoms with van der Waals surface area (Å²) in [7, 11) is 0. The highest BCUT2D eigenvalue weighted by Crippen LogP contribution is 2.13. The standard InChI is InChI=1S/C10H17NO4/c1-7(10(13)14)5-11-9(12)8-3-2-4-15-6-8/h7-8H,2-6H2,1H3,(H,11,12)(H,13,14). The molecule has 86 valence electrons. The topological polar surface area (TPSA) is 75.6 Å². The molecule has 1 rings (SSSR count). The number of nitrogens with one attached hydrogen (secondary N) is 1. The van der Waals surface area contributed by atoms with E-state index in [1.807, 2.05) is 0 Å². The van der Waals surface area contributed by atoms with Crippen LogP contribution in [0.2, 0.25) is 0 Å². The summed E-state index contributed by atoms with van der Waals surface area (Å²) < 4.78 is 5.18. The van der Waals surface area contributed by atoms with Crippen LogP contribution in [0.4, 0.5) is 0 Å². The highest BCUT2D eigenvalue weighted by atomic mass is 16.5. The molecular formula is C10H17NO4. The molecule has 1 aliphatic heterocycles. The first-order chi connectivity index (χ1) is 7.11. The predicted octanol–water partition coefficient (Wildman–Crippen LogP) is 0.250. The predicted molar refractivity (Wildman–Crippen MR) is 53.4 cm³/mol. The fraction of sp³-hybridized carbons (Fsp3) is 0.800. The molecule has 5 heteroatoms. The van der Waals surface area contributed by atoms with Gasteiger partial charge in [-0.2, -0.15) is 0 Å². The molecule has 0 aromatic heterocycles. The summed E-state index contributed by atoms with van der Waals surface area (Å²) in [4.78, 5) is 22.1. The Morgan fingerprint density at radius 3 is 2.87 bits per heavy atom. The van der Waals surface area contributed by atoms with Gasteiger partial charge in [0.05, 0.1) is 18.4 Å². The Hall–Kier alpha value is -1.10. The highest BCUT2D eigenvalue weighted by Gasteiger charge is 2.22. The second kappa shape index (κ2) is 5.70. The quantitative estimate of drug-likeness (QED) is 0.705. The number of aliphatic carboxylic acids is 1. The van der Waals surface area contributed by atoms with Crippen molar-refractivity contribution in [2.45, 2.75) is 19.8 Å². The molecule has 0 bridgehead atoms. The van der Waals surface area contributed by atoms with Crippen molar-refractivity contribution < 1.29 is 19.4 Å². The minimum atomic E-state index is -0.893. The Morgan fingerprint density at radius 1 is 1.60 bits per heavy atom. The fourth-order valence-corrected chi connectivity index (χ4v) is 1.43. The van der Waals surface area contributed by atoms with Gasteiger partial charge in [0.15, 0.2) is 0 Å². The molecule has 0 saturated carbocycles. The van der Waals surface area contributed by atoms with E-state index in [0.29, 0.717) is 6.61 Å². The third-order valence-electron chi connectivity index (χ3n) is 2.54. The molecule has 2 unspecified atom stereocenters. The largest absolute Gasteiger partial charge is 0.481 e. The zero-order valence-electron chi connectivity index (χ0n) is 8.86. The van der Waals surface area contributed by atoms with Gasteiger partial charge in [0.2, 0.25) is 5.91 Å². The lowest BCUT2D eigenvalue weighted by atomic mass is 10.0. The summed E-state index contributed by atoms with van der Waals surface area (Å²) in [6.45, 7) is 2.92. The lowest BCUT2D eigenvalue weighted by Crippen LogP contribution is -2.38. The van der Waals surface area contributed by atoms with E-state index in [2.05, 4.69) is 5.32 Å². The maximum absolute atomic E-state index is 11.5. The molecule has 15 heavy (non-hydrogen) atoms. The van der Waals surface area contributed by atoms with Crippen molar-refractivity contribution in [2.75, 3.05) is 19.8 Å². The molecule has 2 N–H and O–H groups in total. The van der Waals surface area contributed by atoms with E-state index in [9.17, 15) is 9.59 Å². The van der Waals surface area contributed by atoms with Crippen LogP contribution in [-0.4, -0.2) is 36.7 Å². The lowest BCUT2D eigenvalue weighted by Gasteiger charge is -2.21. The summed E-state index contributed by atoms with van der Waals surface area (Å²) in [6, 6.07) is 0. The zero-order valence-corrected chi connectivity index (χ0v) is 8.86. The first-order valence-corrected chi connectivity index (χ1v) is 5.19. The third kappa shape index (κ3) is 3.87. The molecule has 1 fully saturated rings. The van der Waals surface area contributed by atoms with Crippen LogP contribution in [0.15, 0.2) is 0 Å². The minimum absolute atomic E-state index is 0.0946. The summed E-state index contributed by atoms with van der Waals surface area (Å²) >= 11 is 0. The first-order valence-electron chi connectivity index (χ1n) is 5.19. The van der Waals surface area contributed by atoms with Gasteiger partial charge in [-0.3, -0.25) is 9.59 Å². The van der Waals surface area contributed by atoms with Gasteiger partial charge < -0.3 is 15.2 Å². The van der Waals surface area contributed by atoms with Crippen molar-refractivity contribution >= 4 is 11.9 Å². The number of carbonyl (C=O) groups is 2. The Kier molecular flexibility index (Phi) is 4.55. The van der Waals surface area contributed by atoms with Gasteiger partial charge >= 0.3 is 5.97 Å². The average Bonchev–Trinajstić information content (AvgIpc) is 2.26. The van der Waals surface area contributed by atoms with Crippen molar-refractivity contribution in [1.82, 2.24) is 5.32 Å². The summed E-state index contributed by atoms with van der Waals surface area (Å²) in [5.41, 5.74) is 0. The molecule has 0 radical (unpaired) electrons. The molecule has 0 aliphatic carbocycles. The van der Waals surface area contributed by atoms with Gasteiger partial charge in [-0.15, -0.1) is 0 Å². The van der Waals surface area contributed by atoms with E-state index < -0.39 is 11.9 Å². The number of rotatable bonds is 4. The van der Waals surface area contributed by atoms with Crippen LogP contribution in [0.5, 0.6) is 0 Å². The van der Waals surface area contributed by atoms with Gasteiger partial charge in [-0.05, 0) is 12.8 Å². The third-order valence-corrected chi connectivity index (χ3v) is 2.54. The number of ether oxygens (including phenoxy) is 1.